The smallest absolute Gasteiger partial charge is 0.416 e. The van der Waals surface area contributed by atoms with Crippen LogP contribution in [0.25, 0.3) is 0 Å². The van der Waals surface area contributed by atoms with Crippen LogP contribution in [-0.4, -0.2) is 61.9 Å². The Morgan fingerprint density at radius 3 is 2.62 bits per heavy atom. The van der Waals surface area contributed by atoms with E-state index in [4.69, 9.17) is 9.47 Å². The number of alkyl halides is 3. The van der Waals surface area contributed by atoms with Crippen molar-refractivity contribution in [3.05, 3.63) is 29.8 Å². The third kappa shape index (κ3) is 3.81. The first-order valence-electron chi connectivity index (χ1n) is 12.7. The van der Waals surface area contributed by atoms with Gasteiger partial charge in [-0.15, -0.1) is 0 Å². The van der Waals surface area contributed by atoms with Crippen molar-refractivity contribution in [1.82, 2.24) is 4.90 Å². The van der Waals surface area contributed by atoms with E-state index in [1.54, 1.807) is 6.07 Å². The van der Waals surface area contributed by atoms with E-state index in [0.717, 1.165) is 45.0 Å². The Bertz CT molecular complexity index is 957. The molecule has 1 aromatic rings. The molecule has 186 valence electrons. The van der Waals surface area contributed by atoms with Crippen molar-refractivity contribution < 1.29 is 27.4 Å². The highest BCUT2D eigenvalue weighted by molar-refractivity contribution is 5.75. The summed E-state index contributed by atoms with van der Waals surface area (Å²) in [5.41, 5.74) is 0.233. The second kappa shape index (κ2) is 7.85. The molecule has 5 aliphatic rings. The number of benzene rings is 1. The quantitative estimate of drug-likeness (QED) is 0.477. The van der Waals surface area contributed by atoms with E-state index in [1.807, 2.05) is 4.90 Å². The minimum atomic E-state index is -4.34. The molecule has 0 aromatic heterocycles. The highest BCUT2D eigenvalue weighted by Crippen LogP contribution is 2.62. The number of carbonyl (C=O) groups excluding carboxylic acids is 1. The number of nitrogens with zero attached hydrogens (tertiary/aromatic N) is 2. The van der Waals surface area contributed by atoms with Crippen molar-refractivity contribution in [3.8, 4) is 0 Å². The lowest BCUT2D eigenvalue weighted by atomic mass is 9.53. The molecule has 5 fully saturated rings. The van der Waals surface area contributed by atoms with Crippen LogP contribution in [0.4, 0.5) is 18.9 Å². The van der Waals surface area contributed by atoms with Gasteiger partial charge in [0, 0.05) is 44.3 Å². The molecule has 0 unspecified atom stereocenters. The summed E-state index contributed by atoms with van der Waals surface area (Å²) in [6.45, 7) is 6.65. The van der Waals surface area contributed by atoms with Crippen molar-refractivity contribution in [2.24, 2.45) is 23.2 Å². The van der Waals surface area contributed by atoms with Crippen LogP contribution in [-0.2, 0) is 20.4 Å². The number of rotatable bonds is 3. The van der Waals surface area contributed by atoms with Gasteiger partial charge in [0.05, 0.1) is 23.7 Å². The number of ether oxygens (including phenoxy) is 2. The van der Waals surface area contributed by atoms with Crippen molar-refractivity contribution in [3.63, 3.8) is 0 Å². The second-order valence-electron chi connectivity index (χ2n) is 11.4. The summed E-state index contributed by atoms with van der Waals surface area (Å²) < 4.78 is 51.2. The first-order chi connectivity index (χ1) is 16.2. The number of piperazine rings is 1. The second-order valence-corrected chi connectivity index (χ2v) is 11.4. The monoisotopic (exact) mass is 478 g/mol. The first kappa shape index (κ1) is 22.7. The van der Waals surface area contributed by atoms with E-state index in [-0.39, 0.29) is 34.9 Å². The number of carbonyl (C=O) groups is 1. The number of epoxide rings is 1. The van der Waals surface area contributed by atoms with E-state index >= 15 is 0 Å². The van der Waals surface area contributed by atoms with Gasteiger partial charge in [-0.1, -0.05) is 13.0 Å². The van der Waals surface area contributed by atoms with Crippen LogP contribution in [0, 0.1) is 23.2 Å². The molecular weight excluding hydrogens is 445 g/mol. The maximum atomic E-state index is 13.1. The van der Waals surface area contributed by atoms with Gasteiger partial charge in [-0.05, 0) is 61.6 Å². The SMILES string of the molecule is C[C@]12CCC[C@]3(CO3)[C@@H]1C[C@@H]1[C@H](CN3CCN(c4cccc(C(F)(F)F)c4)CC3)C(=O)O[C@@H]1C2. The average Bonchev–Trinajstić information content (AvgIpc) is 3.50. The van der Waals surface area contributed by atoms with Crippen LogP contribution in [0.1, 0.15) is 44.6 Å². The van der Waals surface area contributed by atoms with Crippen LogP contribution >= 0.6 is 0 Å². The van der Waals surface area contributed by atoms with Crippen LogP contribution in [0.2, 0.25) is 0 Å². The van der Waals surface area contributed by atoms with E-state index in [1.165, 1.54) is 25.0 Å². The maximum Gasteiger partial charge on any atom is 0.416 e. The lowest BCUT2D eigenvalue weighted by Gasteiger charge is -2.51. The predicted molar refractivity (Wildman–Crippen MR) is 120 cm³/mol. The number of hydrogen-bond donors (Lipinski definition) is 0. The Labute approximate surface area is 198 Å². The normalized spacial score (nSPS) is 40.1. The lowest BCUT2D eigenvalue weighted by molar-refractivity contribution is -0.147. The number of anilines is 1. The van der Waals surface area contributed by atoms with Crippen molar-refractivity contribution in [1.29, 1.82) is 0 Å². The molecule has 1 spiro atoms. The molecule has 34 heavy (non-hydrogen) atoms. The topological polar surface area (TPSA) is 45.3 Å². The molecule has 6 rings (SSSR count). The molecule has 8 heteroatoms. The first-order valence-corrected chi connectivity index (χ1v) is 12.7. The molecule has 5 nitrogen and oxygen atoms in total. The molecule has 1 aromatic carbocycles. The molecule has 0 radical (unpaired) electrons. The number of esters is 1. The Morgan fingerprint density at radius 2 is 1.91 bits per heavy atom. The molecule has 2 aliphatic carbocycles. The van der Waals surface area contributed by atoms with Gasteiger partial charge >= 0.3 is 12.1 Å². The van der Waals surface area contributed by atoms with Gasteiger partial charge < -0.3 is 14.4 Å². The predicted octanol–water partition coefficient (Wildman–Crippen LogP) is 4.35. The zero-order valence-corrected chi connectivity index (χ0v) is 19.7. The zero-order valence-electron chi connectivity index (χ0n) is 19.7. The number of fused-ring (bicyclic) bond motifs is 3. The largest absolute Gasteiger partial charge is 0.462 e. The summed E-state index contributed by atoms with van der Waals surface area (Å²) in [5, 5.41) is 0. The average molecular weight is 479 g/mol. The van der Waals surface area contributed by atoms with Crippen LogP contribution in [0.5, 0.6) is 0 Å². The minimum Gasteiger partial charge on any atom is -0.462 e. The fraction of sp³-hybridized carbons (Fsp3) is 0.731. The van der Waals surface area contributed by atoms with Gasteiger partial charge in [0.15, 0.2) is 0 Å². The lowest BCUT2D eigenvalue weighted by Crippen LogP contribution is -2.52. The molecule has 2 saturated carbocycles. The van der Waals surface area contributed by atoms with Gasteiger partial charge in [-0.3, -0.25) is 9.69 Å². The Kier molecular flexibility index (Phi) is 5.23. The third-order valence-electron chi connectivity index (χ3n) is 9.45. The molecular formula is C26H33F3N2O3. The summed E-state index contributed by atoms with van der Waals surface area (Å²) >= 11 is 0. The van der Waals surface area contributed by atoms with Crippen LogP contribution < -0.4 is 4.90 Å². The highest BCUT2D eigenvalue weighted by atomic mass is 19.4. The fourth-order valence-electron chi connectivity index (χ4n) is 7.51. The minimum absolute atomic E-state index is 0.0130. The standard InChI is InChI=1S/C26H33F3N2O3/c1-24-6-3-7-25(16-33-25)22(24)13-19-20(23(32)34-21(19)14-24)15-30-8-10-31(11-9-30)18-5-2-4-17(12-18)26(27,28)29/h2,4-5,12,19-22H,3,6-11,13-16H2,1H3/t19-,20+,21-,22-,24-,25+/m1/s1. The Balaban J connectivity index is 1.10. The van der Waals surface area contributed by atoms with E-state index in [2.05, 4.69) is 11.8 Å². The molecule has 0 amide bonds. The zero-order chi connectivity index (χ0) is 23.7. The summed E-state index contributed by atoms with van der Waals surface area (Å²) in [6.07, 6.45) is 1.14. The molecule has 0 N–H and O–H groups in total. The summed E-state index contributed by atoms with van der Waals surface area (Å²) in [5.74, 6) is 0.562. The molecule has 0 bridgehead atoms. The van der Waals surface area contributed by atoms with E-state index in [0.29, 0.717) is 31.2 Å². The summed E-state index contributed by atoms with van der Waals surface area (Å²) in [6, 6.07) is 5.55. The van der Waals surface area contributed by atoms with Gasteiger partial charge in [0.25, 0.3) is 0 Å². The molecule has 3 heterocycles. The number of hydrogen-bond acceptors (Lipinski definition) is 5. The van der Waals surface area contributed by atoms with Crippen molar-refractivity contribution >= 4 is 11.7 Å². The van der Waals surface area contributed by atoms with Gasteiger partial charge in [0.1, 0.15) is 6.10 Å². The van der Waals surface area contributed by atoms with Gasteiger partial charge in [0.2, 0.25) is 0 Å². The van der Waals surface area contributed by atoms with Gasteiger partial charge in [-0.25, -0.2) is 0 Å². The Hall–Kier alpha value is -1.80. The number of halogens is 3. The fourth-order valence-corrected chi connectivity index (χ4v) is 7.51. The maximum absolute atomic E-state index is 13.1. The summed E-state index contributed by atoms with van der Waals surface area (Å²) in [4.78, 5) is 17.2. The Morgan fingerprint density at radius 1 is 1.15 bits per heavy atom. The highest BCUT2D eigenvalue weighted by Gasteiger charge is 2.65. The van der Waals surface area contributed by atoms with E-state index < -0.39 is 11.7 Å². The van der Waals surface area contributed by atoms with Crippen molar-refractivity contribution in [2.45, 2.75) is 56.9 Å². The molecule has 3 saturated heterocycles. The van der Waals surface area contributed by atoms with Gasteiger partial charge in [-0.2, -0.15) is 13.2 Å². The van der Waals surface area contributed by atoms with Crippen molar-refractivity contribution in [2.75, 3.05) is 44.2 Å². The third-order valence-corrected chi connectivity index (χ3v) is 9.45. The molecule has 6 atom stereocenters. The molecule has 3 aliphatic heterocycles. The van der Waals surface area contributed by atoms with Crippen LogP contribution in [0.15, 0.2) is 24.3 Å². The summed E-state index contributed by atoms with van der Waals surface area (Å²) in [7, 11) is 0. The van der Waals surface area contributed by atoms with E-state index in [9.17, 15) is 18.0 Å². The van der Waals surface area contributed by atoms with Crippen LogP contribution in [0.3, 0.4) is 0 Å².